The highest BCUT2D eigenvalue weighted by atomic mass is 16.9. The molecule has 0 bridgehead atoms. The SMILES string of the molecule is CCCCCCCC(CCC)C(N(CCO)CCO)C(OCC)(OCC)OCC. The molecule has 176 valence electrons. The van der Waals surface area contributed by atoms with Crippen LogP contribution in [0.1, 0.15) is 86.0 Å². The van der Waals surface area contributed by atoms with Gasteiger partial charge in [-0.05, 0) is 39.5 Å². The predicted octanol–water partition coefficient (Wildman–Crippen LogP) is 4.18. The maximum atomic E-state index is 9.71. The number of ether oxygens (including phenoxy) is 3. The molecule has 6 heteroatoms. The van der Waals surface area contributed by atoms with Crippen LogP contribution in [-0.2, 0) is 14.2 Å². The zero-order chi connectivity index (χ0) is 22.0. The lowest BCUT2D eigenvalue weighted by molar-refractivity contribution is -0.406. The van der Waals surface area contributed by atoms with E-state index in [1.807, 2.05) is 20.8 Å². The van der Waals surface area contributed by atoms with Crippen LogP contribution in [0.15, 0.2) is 0 Å². The molecular formula is C23H49NO5. The third-order valence-electron chi connectivity index (χ3n) is 5.35. The Bertz CT molecular complexity index is 333. The molecule has 0 aliphatic heterocycles. The largest absolute Gasteiger partial charge is 0.395 e. The number of aliphatic hydroxyl groups excluding tert-OH is 2. The van der Waals surface area contributed by atoms with Crippen molar-refractivity contribution >= 4 is 0 Å². The molecule has 0 rings (SSSR count). The van der Waals surface area contributed by atoms with E-state index in [0.717, 1.165) is 25.7 Å². The van der Waals surface area contributed by atoms with Crippen molar-refractivity contribution < 1.29 is 24.4 Å². The van der Waals surface area contributed by atoms with Gasteiger partial charge in [0.05, 0.1) is 19.3 Å². The third-order valence-corrected chi connectivity index (χ3v) is 5.35. The van der Waals surface area contributed by atoms with E-state index < -0.39 is 5.97 Å². The van der Waals surface area contributed by atoms with Gasteiger partial charge in [0.25, 0.3) is 5.97 Å². The smallest absolute Gasteiger partial charge is 0.299 e. The minimum atomic E-state index is -1.19. The molecule has 0 heterocycles. The Labute approximate surface area is 179 Å². The fraction of sp³-hybridized carbons (Fsp3) is 1.00. The maximum Gasteiger partial charge on any atom is 0.299 e. The minimum absolute atomic E-state index is 0.0201. The van der Waals surface area contributed by atoms with Crippen LogP contribution < -0.4 is 0 Å². The van der Waals surface area contributed by atoms with Gasteiger partial charge < -0.3 is 24.4 Å². The lowest BCUT2D eigenvalue weighted by Gasteiger charge is -2.47. The Morgan fingerprint density at radius 1 is 0.690 bits per heavy atom. The van der Waals surface area contributed by atoms with Crippen LogP contribution in [-0.4, -0.2) is 73.3 Å². The van der Waals surface area contributed by atoms with Crippen molar-refractivity contribution in [2.75, 3.05) is 46.1 Å². The second-order valence-corrected chi connectivity index (χ2v) is 7.58. The Hall–Kier alpha value is -0.240. The molecule has 0 saturated heterocycles. The standard InChI is InChI=1S/C23H49NO5/c1-6-11-12-13-14-16-21(15-7-2)22(24(17-19-25)18-20-26)23(27-8-3,28-9-4)29-10-5/h21-22,25-26H,6-20H2,1-5H3. The van der Waals surface area contributed by atoms with Crippen molar-refractivity contribution in [2.24, 2.45) is 5.92 Å². The molecule has 2 N–H and O–H groups in total. The van der Waals surface area contributed by atoms with Crippen molar-refractivity contribution in [1.29, 1.82) is 0 Å². The lowest BCUT2D eigenvalue weighted by Crippen LogP contribution is -2.62. The molecule has 2 atom stereocenters. The maximum absolute atomic E-state index is 9.71. The molecule has 29 heavy (non-hydrogen) atoms. The van der Waals surface area contributed by atoms with Crippen LogP contribution in [0.5, 0.6) is 0 Å². The molecule has 0 aromatic heterocycles. The molecule has 0 aromatic carbocycles. The molecule has 0 aliphatic rings. The Kier molecular flexibility index (Phi) is 18.4. The van der Waals surface area contributed by atoms with Gasteiger partial charge in [0.2, 0.25) is 0 Å². The van der Waals surface area contributed by atoms with Crippen LogP contribution in [0.4, 0.5) is 0 Å². The number of hydrogen-bond acceptors (Lipinski definition) is 6. The minimum Gasteiger partial charge on any atom is -0.395 e. The molecule has 2 unspecified atom stereocenters. The van der Waals surface area contributed by atoms with Gasteiger partial charge >= 0.3 is 0 Å². The van der Waals surface area contributed by atoms with E-state index in [1.165, 1.54) is 25.7 Å². The topological polar surface area (TPSA) is 71.4 Å². The van der Waals surface area contributed by atoms with E-state index >= 15 is 0 Å². The van der Waals surface area contributed by atoms with Crippen molar-refractivity contribution in [1.82, 2.24) is 4.90 Å². The molecule has 0 aromatic rings. The molecule has 0 fully saturated rings. The van der Waals surface area contributed by atoms with E-state index in [2.05, 4.69) is 18.7 Å². The van der Waals surface area contributed by atoms with Gasteiger partial charge in [0.1, 0.15) is 0 Å². The summed E-state index contributed by atoms with van der Waals surface area (Å²) in [6, 6.07) is -0.187. The highest BCUT2D eigenvalue weighted by molar-refractivity contribution is 4.88. The number of aliphatic hydroxyl groups is 2. The fourth-order valence-electron chi connectivity index (χ4n) is 4.28. The number of nitrogens with zero attached hydrogens (tertiary/aromatic N) is 1. The summed E-state index contributed by atoms with van der Waals surface area (Å²) in [5.41, 5.74) is 0. The van der Waals surface area contributed by atoms with Crippen LogP contribution >= 0.6 is 0 Å². The summed E-state index contributed by atoms with van der Waals surface area (Å²) in [6.07, 6.45) is 9.33. The van der Waals surface area contributed by atoms with Crippen LogP contribution in [0.25, 0.3) is 0 Å². The van der Waals surface area contributed by atoms with Gasteiger partial charge in [-0.15, -0.1) is 0 Å². The monoisotopic (exact) mass is 419 g/mol. The summed E-state index contributed by atoms with van der Waals surface area (Å²) in [4.78, 5) is 2.10. The van der Waals surface area contributed by atoms with Gasteiger partial charge in [-0.1, -0.05) is 52.4 Å². The van der Waals surface area contributed by atoms with E-state index in [0.29, 0.717) is 38.8 Å². The fourth-order valence-corrected chi connectivity index (χ4v) is 4.28. The predicted molar refractivity (Wildman–Crippen MR) is 119 cm³/mol. The molecule has 0 radical (unpaired) electrons. The summed E-state index contributed by atoms with van der Waals surface area (Å²) < 4.78 is 18.5. The second kappa shape index (κ2) is 18.5. The van der Waals surface area contributed by atoms with Crippen molar-refractivity contribution in [2.45, 2.75) is 98.0 Å². The summed E-state index contributed by atoms with van der Waals surface area (Å²) in [7, 11) is 0. The molecule has 0 amide bonds. The third kappa shape index (κ3) is 10.6. The van der Waals surface area contributed by atoms with Crippen LogP contribution in [0.2, 0.25) is 0 Å². The summed E-state index contributed by atoms with van der Waals surface area (Å²) in [5.74, 6) is -0.893. The van der Waals surface area contributed by atoms with Crippen LogP contribution in [0, 0.1) is 5.92 Å². The van der Waals surface area contributed by atoms with Gasteiger partial charge in [0.15, 0.2) is 0 Å². The summed E-state index contributed by atoms with van der Waals surface area (Å²) in [5, 5.41) is 19.4. The van der Waals surface area contributed by atoms with E-state index in [-0.39, 0.29) is 19.3 Å². The zero-order valence-corrected chi connectivity index (χ0v) is 19.8. The van der Waals surface area contributed by atoms with Crippen LogP contribution in [0.3, 0.4) is 0 Å². The molecule has 0 saturated carbocycles. The van der Waals surface area contributed by atoms with Gasteiger partial charge in [-0.2, -0.15) is 0 Å². The van der Waals surface area contributed by atoms with Gasteiger partial charge in [-0.25, -0.2) is 0 Å². The Balaban J connectivity index is 5.87. The lowest BCUT2D eigenvalue weighted by atomic mass is 9.86. The first-order chi connectivity index (χ1) is 14.1. The highest BCUT2D eigenvalue weighted by Gasteiger charge is 2.48. The van der Waals surface area contributed by atoms with E-state index in [9.17, 15) is 10.2 Å². The molecular weight excluding hydrogens is 370 g/mol. The summed E-state index contributed by atoms with van der Waals surface area (Å²) >= 11 is 0. The first-order valence-electron chi connectivity index (χ1n) is 12.0. The zero-order valence-electron chi connectivity index (χ0n) is 19.8. The molecule has 0 spiro atoms. The molecule has 0 aliphatic carbocycles. The van der Waals surface area contributed by atoms with E-state index in [1.54, 1.807) is 0 Å². The Morgan fingerprint density at radius 2 is 1.21 bits per heavy atom. The first kappa shape index (κ1) is 28.8. The highest BCUT2D eigenvalue weighted by Crippen LogP contribution is 2.35. The van der Waals surface area contributed by atoms with Gasteiger partial charge in [0, 0.05) is 32.9 Å². The average molecular weight is 420 g/mol. The van der Waals surface area contributed by atoms with E-state index in [4.69, 9.17) is 14.2 Å². The number of rotatable bonds is 21. The normalized spacial score (nSPS) is 14.5. The second-order valence-electron chi connectivity index (χ2n) is 7.58. The van der Waals surface area contributed by atoms with Gasteiger partial charge in [-0.3, -0.25) is 4.90 Å². The summed E-state index contributed by atoms with van der Waals surface area (Å²) in [6.45, 7) is 12.6. The van der Waals surface area contributed by atoms with Crippen molar-refractivity contribution in [3.63, 3.8) is 0 Å². The number of hydrogen-bond donors (Lipinski definition) is 2. The Morgan fingerprint density at radius 3 is 1.62 bits per heavy atom. The van der Waals surface area contributed by atoms with Crippen molar-refractivity contribution in [3.8, 4) is 0 Å². The quantitative estimate of drug-likeness (QED) is 0.215. The number of unbranched alkanes of at least 4 members (excludes halogenated alkanes) is 4. The van der Waals surface area contributed by atoms with Crippen molar-refractivity contribution in [3.05, 3.63) is 0 Å². The molecule has 6 nitrogen and oxygen atoms in total. The average Bonchev–Trinajstić information content (AvgIpc) is 2.69. The first-order valence-corrected chi connectivity index (χ1v) is 12.0.